The van der Waals surface area contributed by atoms with Gasteiger partial charge in [0, 0.05) is 7.11 Å². The van der Waals surface area contributed by atoms with Crippen LogP contribution in [0.1, 0.15) is 42.9 Å². The van der Waals surface area contributed by atoms with Crippen molar-refractivity contribution in [1.29, 1.82) is 0 Å². The summed E-state index contributed by atoms with van der Waals surface area (Å²) in [6.45, 7) is 7.44. The predicted molar refractivity (Wildman–Crippen MR) is 69.6 cm³/mol. The zero-order valence-corrected chi connectivity index (χ0v) is 11.5. The van der Waals surface area contributed by atoms with Crippen LogP contribution in [0.4, 0.5) is 0 Å². The minimum absolute atomic E-state index is 0.448. The Balaban J connectivity index is 2.42. The third-order valence-electron chi connectivity index (χ3n) is 3.98. The first-order valence-corrected chi connectivity index (χ1v) is 6.16. The molecule has 0 aliphatic heterocycles. The first-order valence-electron chi connectivity index (χ1n) is 6.16. The van der Waals surface area contributed by atoms with Crippen molar-refractivity contribution in [3.8, 4) is 5.75 Å². The fourth-order valence-corrected chi connectivity index (χ4v) is 2.64. The molecule has 1 aliphatic carbocycles. The van der Waals surface area contributed by atoms with Crippen LogP contribution in [0.2, 0.25) is 0 Å². The van der Waals surface area contributed by atoms with Gasteiger partial charge in [-0.15, -0.1) is 0 Å². The van der Waals surface area contributed by atoms with Crippen molar-refractivity contribution in [2.24, 2.45) is 5.41 Å². The van der Waals surface area contributed by atoms with Crippen LogP contribution in [0, 0.1) is 12.3 Å². The summed E-state index contributed by atoms with van der Waals surface area (Å²) in [7, 11) is 3.47. The summed E-state index contributed by atoms with van der Waals surface area (Å²) in [5, 5.41) is 0. The Labute approximate surface area is 104 Å². The molecule has 17 heavy (non-hydrogen) atoms. The van der Waals surface area contributed by atoms with Gasteiger partial charge in [-0.2, -0.15) is 0 Å². The monoisotopic (exact) mass is 234 g/mol. The van der Waals surface area contributed by atoms with E-state index >= 15 is 0 Å². The van der Waals surface area contributed by atoms with E-state index in [0.29, 0.717) is 17.9 Å². The average molecular weight is 234 g/mol. The Morgan fingerprint density at radius 1 is 1.29 bits per heavy atom. The van der Waals surface area contributed by atoms with Gasteiger partial charge in [-0.3, -0.25) is 0 Å². The molecule has 0 radical (unpaired) electrons. The van der Waals surface area contributed by atoms with E-state index in [0.717, 1.165) is 5.75 Å². The van der Waals surface area contributed by atoms with E-state index in [1.165, 1.54) is 23.1 Å². The predicted octanol–water partition coefficient (Wildman–Crippen LogP) is 3.66. The van der Waals surface area contributed by atoms with Gasteiger partial charge in [-0.1, -0.05) is 19.9 Å². The molecule has 0 heterocycles. The average Bonchev–Trinajstić information content (AvgIpc) is 2.90. The molecule has 94 valence electrons. The smallest absolute Gasteiger partial charge is 0.122 e. The minimum Gasteiger partial charge on any atom is -0.496 e. The number of hydrogen-bond acceptors (Lipinski definition) is 2. The number of methoxy groups -OCH3 is 2. The van der Waals surface area contributed by atoms with E-state index in [1.54, 1.807) is 14.2 Å². The second-order valence-corrected chi connectivity index (χ2v) is 5.64. The summed E-state index contributed by atoms with van der Waals surface area (Å²) in [4.78, 5) is 0. The molecule has 2 rings (SSSR count). The zero-order chi connectivity index (χ0) is 12.6. The number of ether oxygens (including phenoxy) is 2. The van der Waals surface area contributed by atoms with Crippen LogP contribution >= 0.6 is 0 Å². The van der Waals surface area contributed by atoms with Crippen molar-refractivity contribution in [2.45, 2.75) is 39.7 Å². The number of hydrogen-bond donors (Lipinski definition) is 0. The van der Waals surface area contributed by atoms with Crippen molar-refractivity contribution < 1.29 is 9.47 Å². The Hall–Kier alpha value is -1.02. The first-order chi connectivity index (χ1) is 8.01. The van der Waals surface area contributed by atoms with E-state index in [2.05, 4.69) is 32.9 Å². The van der Waals surface area contributed by atoms with Gasteiger partial charge in [0.2, 0.25) is 0 Å². The molecule has 2 nitrogen and oxygen atoms in total. The van der Waals surface area contributed by atoms with Crippen molar-refractivity contribution in [1.82, 2.24) is 0 Å². The van der Waals surface area contributed by atoms with E-state index in [9.17, 15) is 0 Å². The summed E-state index contributed by atoms with van der Waals surface area (Å²) in [6, 6.07) is 4.29. The molecule has 0 aromatic heterocycles. The van der Waals surface area contributed by atoms with E-state index in [1.807, 2.05) is 0 Å². The lowest BCUT2D eigenvalue weighted by Gasteiger charge is -2.16. The van der Waals surface area contributed by atoms with Crippen LogP contribution in [-0.2, 0) is 11.3 Å². The lowest BCUT2D eigenvalue weighted by molar-refractivity contribution is 0.183. The lowest BCUT2D eigenvalue weighted by atomic mass is 9.94. The van der Waals surface area contributed by atoms with Crippen LogP contribution in [0.3, 0.4) is 0 Å². The highest BCUT2D eigenvalue weighted by Gasteiger charge is 2.47. The standard InChI is InChI=1S/C15H22O2/c1-10-12(9-16-4)11(6-7-14(10)17-5)13-8-15(13,2)3/h6-7,13H,8-9H2,1-5H3. The number of rotatable bonds is 4. The van der Waals surface area contributed by atoms with Crippen LogP contribution in [0.15, 0.2) is 12.1 Å². The fourth-order valence-electron chi connectivity index (χ4n) is 2.64. The highest BCUT2D eigenvalue weighted by molar-refractivity contribution is 5.47. The molecular formula is C15H22O2. The maximum Gasteiger partial charge on any atom is 0.122 e. The van der Waals surface area contributed by atoms with E-state index < -0.39 is 0 Å². The quantitative estimate of drug-likeness (QED) is 0.791. The SMILES string of the molecule is COCc1c(C2CC2(C)C)ccc(OC)c1C. The van der Waals surface area contributed by atoms with Gasteiger partial charge in [0.25, 0.3) is 0 Å². The molecular weight excluding hydrogens is 212 g/mol. The van der Waals surface area contributed by atoms with E-state index in [-0.39, 0.29) is 0 Å². The molecule has 1 aromatic carbocycles. The highest BCUT2D eigenvalue weighted by atomic mass is 16.5. The Morgan fingerprint density at radius 3 is 2.41 bits per heavy atom. The summed E-state index contributed by atoms with van der Waals surface area (Å²) in [5.74, 6) is 1.64. The van der Waals surface area contributed by atoms with Crippen molar-refractivity contribution >= 4 is 0 Å². The van der Waals surface area contributed by atoms with Crippen LogP contribution in [0.5, 0.6) is 5.75 Å². The van der Waals surface area contributed by atoms with Crippen LogP contribution in [0.25, 0.3) is 0 Å². The molecule has 0 N–H and O–H groups in total. The third kappa shape index (κ3) is 2.19. The molecule has 1 saturated carbocycles. The van der Waals surface area contributed by atoms with E-state index in [4.69, 9.17) is 9.47 Å². The summed E-state index contributed by atoms with van der Waals surface area (Å²) < 4.78 is 10.7. The van der Waals surface area contributed by atoms with Crippen LogP contribution in [-0.4, -0.2) is 14.2 Å². The molecule has 1 aliphatic rings. The topological polar surface area (TPSA) is 18.5 Å². The molecule has 1 atom stereocenters. The second kappa shape index (κ2) is 4.34. The van der Waals surface area contributed by atoms with Gasteiger partial charge < -0.3 is 9.47 Å². The summed E-state index contributed by atoms with van der Waals surface area (Å²) >= 11 is 0. The maximum atomic E-state index is 5.38. The minimum atomic E-state index is 0.448. The Bertz CT molecular complexity index is 421. The van der Waals surface area contributed by atoms with Crippen LogP contribution < -0.4 is 4.74 Å². The van der Waals surface area contributed by atoms with Gasteiger partial charge in [0.1, 0.15) is 5.75 Å². The largest absolute Gasteiger partial charge is 0.496 e. The summed E-state index contributed by atoms with van der Waals surface area (Å²) in [6.07, 6.45) is 1.27. The third-order valence-corrected chi connectivity index (χ3v) is 3.98. The van der Waals surface area contributed by atoms with Gasteiger partial charge in [0.15, 0.2) is 0 Å². The zero-order valence-electron chi connectivity index (χ0n) is 11.5. The molecule has 0 saturated heterocycles. The molecule has 1 unspecified atom stereocenters. The molecule has 0 amide bonds. The summed E-state index contributed by atoms with van der Waals surface area (Å²) in [5.41, 5.74) is 4.41. The van der Waals surface area contributed by atoms with Gasteiger partial charge in [-0.25, -0.2) is 0 Å². The van der Waals surface area contributed by atoms with Gasteiger partial charge in [-0.05, 0) is 47.4 Å². The second-order valence-electron chi connectivity index (χ2n) is 5.64. The molecule has 0 bridgehead atoms. The molecule has 2 heteroatoms. The van der Waals surface area contributed by atoms with Crippen molar-refractivity contribution in [3.63, 3.8) is 0 Å². The maximum absolute atomic E-state index is 5.38. The lowest BCUT2D eigenvalue weighted by Crippen LogP contribution is -2.02. The van der Waals surface area contributed by atoms with Gasteiger partial charge in [0.05, 0.1) is 13.7 Å². The normalized spacial score (nSPS) is 21.4. The highest BCUT2D eigenvalue weighted by Crippen LogP contribution is 2.59. The molecule has 1 aromatic rings. The van der Waals surface area contributed by atoms with Gasteiger partial charge >= 0.3 is 0 Å². The number of benzene rings is 1. The molecule has 0 spiro atoms. The fraction of sp³-hybridized carbons (Fsp3) is 0.600. The van der Waals surface area contributed by atoms with Crippen molar-refractivity contribution in [2.75, 3.05) is 14.2 Å². The Morgan fingerprint density at radius 2 is 1.94 bits per heavy atom. The molecule has 1 fully saturated rings. The Kier molecular flexibility index (Phi) is 3.17. The van der Waals surface area contributed by atoms with Crippen molar-refractivity contribution in [3.05, 3.63) is 28.8 Å². The first kappa shape index (κ1) is 12.4.